The van der Waals surface area contributed by atoms with E-state index in [4.69, 9.17) is 5.26 Å². The molecular formula is C11H12N4O2. The van der Waals surface area contributed by atoms with E-state index in [1.54, 1.807) is 6.07 Å². The fourth-order valence-electron chi connectivity index (χ4n) is 1.23. The summed E-state index contributed by atoms with van der Waals surface area (Å²) in [6.07, 6.45) is 4.76. The number of pyridine rings is 1. The molecule has 1 aromatic rings. The molecule has 0 saturated heterocycles. The second-order valence-electron chi connectivity index (χ2n) is 3.22. The van der Waals surface area contributed by atoms with Crippen LogP contribution in [-0.4, -0.2) is 16.5 Å². The van der Waals surface area contributed by atoms with Gasteiger partial charge < -0.3 is 5.32 Å². The van der Waals surface area contributed by atoms with E-state index in [2.05, 4.69) is 10.3 Å². The fraction of sp³-hybridized carbons (Fsp3) is 0.273. The van der Waals surface area contributed by atoms with E-state index in [9.17, 15) is 10.1 Å². The lowest BCUT2D eigenvalue weighted by Crippen LogP contribution is -2.04. The van der Waals surface area contributed by atoms with Crippen molar-refractivity contribution in [1.82, 2.24) is 4.98 Å². The van der Waals surface area contributed by atoms with Crippen molar-refractivity contribution in [1.29, 1.82) is 5.26 Å². The van der Waals surface area contributed by atoms with Crippen molar-refractivity contribution in [3.63, 3.8) is 0 Å². The van der Waals surface area contributed by atoms with Gasteiger partial charge in [-0.3, -0.25) is 10.1 Å². The largest absolute Gasteiger partial charge is 0.370 e. The number of anilines is 1. The van der Waals surface area contributed by atoms with Gasteiger partial charge in [-0.2, -0.15) is 5.26 Å². The number of nitro groups is 1. The molecule has 1 N–H and O–H groups in total. The van der Waals surface area contributed by atoms with Gasteiger partial charge in [-0.05, 0) is 19.4 Å². The molecule has 0 aliphatic rings. The van der Waals surface area contributed by atoms with Gasteiger partial charge in [0.25, 0.3) is 0 Å². The van der Waals surface area contributed by atoms with Gasteiger partial charge in [0.1, 0.15) is 11.9 Å². The Labute approximate surface area is 98.7 Å². The predicted molar refractivity (Wildman–Crippen MR) is 63.5 cm³/mol. The number of hydrogen-bond acceptors (Lipinski definition) is 5. The third-order valence-electron chi connectivity index (χ3n) is 2.03. The summed E-state index contributed by atoms with van der Waals surface area (Å²) in [7, 11) is 0. The minimum absolute atomic E-state index is 0.175. The minimum atomic E-state index is -0.616. The van der Waals surface area contributed by atoms with Crippen LogP contribution in [-0.2, 0) is 0 Å². The first-order valence-electron chi connectivity index (χ1n) is 5.09. The Morgan fingerprint density at radius 2 is 2.41 bits per heavy atom. The van der Waals surface area contributed by atoms with Crippen molar-refractivity contribution < 1.29 is 4.92 Å². The number of aromatic nitrogens is 1. The Hall–Kier alpha value is -2.42. The molecule has 0 fully saturated rings. The molecule has 0 radical (unpaired) electrons. The van der Waals surface area contributed by atoms with Gasteiger partial charge in [0.15, 0.2) is 0 Å². The highest BCUT2D eigenvalue weighted by Crippen LogP contribution is 2.17. The molecule has 6 nitrogen and oxygen atoms in total. The number of hydrogen-bond donors (Lipinski definition) is 1. The molecule has 0 aliphatic heterocycles. The van der Waals surface area contributed by atoms with Crippen molar-refractivity contribution in [2.24, 2.45) is 0 Å². The topological polar surface area (TPSA) is 91.9 Å². The third-order valence-corrected chi connectivity index (χ3v) is 2.03. The molecule has 1 aromatic heterocycles. The fourth-order valence-corrected chi connectivity index (χ4v) is 1.23. The smallest absolute Gasteiger partial charge is 0.305 e. The Morgan fingerprint density at radius 3 is 3.00 bits per heavy atom. The summed E-state index contributed by atoms with van der Waals surface area (Å²) in [4.78, 5) is 13.8. The van der Waals surface area contributed by atoms with Crippen molar-refractivity contribution in [3.05, 3.63) is 40.1 Å². The lowest BCUT2D eigenvalue weighted by molar-refractivity contribution is -0.385. The highest BCUT2D eigenvalue weighted by atomic mass is 16.6. The van der Waals surface area contributed by atoms with Gasteiger partial charge in [-0.25, -0.2) is 4.98 Å². The highest BCUT2D eigenvalue weighted by Gasteiger charge is 2.14. The maximum absolute atomic E-state index is 10.6. The third kappa shape index (κ3) is 3.57. The lowest BCUT2D eigenvalue weighted by atomic mass is 10.3. The zero-order valence-electron chi connectivity index (χ0n) is 9.38. The monoisotopic (exact) mass is 232 g/mol. The predicted octanol–water partition coefficient (Wildman–Crippen LogP) is 2.24. The van der Waals surface area contributed by atoms with E-state index in [1.165, 1.54) is 12.1 Å². The van der Waals surface area contributed by atoms with E-state index >= 15 is 0 Å². The first-order chi connectivity index (χ1) is 8.19. The van der Waals surface area contributed by atoms with Crippen LogP contribution >= 0.6 is 0 Å². The lowest BCUT2D eigenvalue weighted by Gasteiger charge is -2.03. The van der Waals surface area contributed by atoms with E-state index < -0.39 is 4.92 Å². The van der Waals surface area contributed by atoms with Crippen molar-refractivity contribution in [2.45, 2.75) is 13.3 Å². The molecule has 1 rings (SSSR count). The van der Waals surface area contributed by atoms with Gasteiger partial charge in [-0.15, -0.1) is 0 Å². The second kappa shape index (κ2) is 6.23. The zero-order chi connectivity index (χ0) is 12.7. The Balaban J connectivity index is 2.77. The second-order valence-corrected chi connectivity index (χ2v) is 3.22. The summed E-state index contributed by atoms with van der Waals surface area (Å²) in [5.74, 6) is 0.469. The number of nitrogens with zero attached hydrogens (tertiary/aromatic N) is 3. The summed E-state index contributed by atoms with van der Waals surface area (Å²) in [5, 5.41) is 22.3. The quantitative estimate of drug-likeness (QED) is 0.364. The molecule has 0 atom stereocenters. The summed E-state index contributed by atoms with van der Waals surface area (Å²) < 4.78 is 0. The van der Waals surface area contributed by atoms with Crippen LogP contribution in [0.5, 0.6) is 0 Å². The Bertz CT molecular complexity index is 477. The Morgan fingerprint density at radius 1 is 1.65 bits per heavy atom. The molecule has 6 heteroatoms. The van der Waals surface area contributed by atoms with Crippen LogP contribution in [0.15, 0.2) is 24.3 Å². The Kier molecular flexibility index (Phi) is 4.63. The molecule has 17 heavy (non-hydrogen) atoms. The van der Waals surface area contributed by atoms with E-state index in [1.807, 2.05) is 19.1 Å². The molecule has 0 aromatic carbocycles. The van der Waals surface area contributed by atoms with E-state index in [0.717, 1.165) is 6.42 Å². The normalized spacial score (nSPS) is 10.1. The minimum Gasteiger partial charge on any atom is -0.370 e. The van der Waals surface area contributed by atoms with Crippen LogP contribution in [0.3, 0.4) is 0 Å². The van der Waals surface area contributed by atoms with Crippen molar-refractivity contribution >= 4 is 11.5 Å². The number of nitrogens with one attached hydrogen (secondary N) is 1. The molecule has 0 amide bonds. The van der Waals surface area contributed by atoms with Crippen molar-refractivity contribution in [2.75, 3.05) is 11.9 Å². The molecule has 0 bridgehead atoms. The molecular weight excluding hydrogens is 220 g/mol. The maximum atomic E-state index is 10.6. The van der Waals surface area contributed by atoms with Crippen molar-refractivity contribution in [3.8, 4) is 6.07 Å². The average molecular weight is 232 g/mol. The van der Waals surface area contributed by atoms with Gasteiger partial charge in [0, 0.05) is 12.6 Å². The molecule has 0 unspecified atom stereocenters. The van der Waals surface area contributed by atoms with Crippen LogP contribution in [0.2, 0.25) is 0 Å². The molecule has 88 valence electrons. The van der Waals surface area contributed by atoms with E-state index in [-0.39, 0.29) is 11.4 Å². The van der Waals surface area contributed by atoms with E-state index in [0.29, 0.717) is 12.4 Å². The molecule has 0 aliphatic carbocycles. The standard InChI is InChI=1S/C11H12N4O2/c1-2-3-4-7-13-11-6-5-10(15(16)17)9(8-12)14-11/h2-3,5-6H,4,7H2,1H3,(H,13,14)/b3-2+. The van der Waals surface area contributed by atoms with Gasteiger partial charge in [-0.1, -0.05) is 12.2 Å². The van der Waals surface area contributed by atoms with Gasteiger partial charge in [0.2, 0.25) is 5.69 Å². The van der Waals surface area contributed by atoms with Crippen LogP contribution < -0.4 is 5.32 Å². The summed E-state index contributed by atoms with van der Waals surface area (Å²) in [6, 6.07) is 4.49. The number of rotatable bonds is 5. The molecule has 0 saturated carbocycles. The van der Waals surface area contributed by atoms with Crippen LogP contribution in [0, 0.1) is 21.4 Å². The SMILES string of the molecule is C/C=C/CCNc1ccc([N+](=O)[O-])c(C#N)n1. The number of nitriles is 1. The van der Waals surface area contributed by atoms with Crippen LogP contribution in [0.25, 0.3) is 0 Å². The van der Waals surface area contributed by atoms with Gasteiger partial charge in [0.05, 0.1) is 4.92 Å². The summed E-state index contributed by atoms with van der Waals surface area (Å²) >= 11 is 0. The first-order valence-corrected chi connectivity index (χ1v) is 5.09. The van der Waals surface area contributed by atoms with Crippen LogP contribution in [0.1, 0.15) is 19.0 Å². The maximum Gasteiger partial charge on any atom is 0.305 e. The first kappa shape index (κ1) is 12.6. The van der Waals surface area contributed by atoms with Gasteiger partial charge >= 0.3 is 5.69 Å². The molecule has 0 spiro atoms. The molecule has 1 heterocycles. The average Bonchev–Trinajstić information content (AvgIpc) is 2.34. The number of allylic oxidation sites excluding steroid dienone is 1. The van der Waals surface area contributed by atoms with Crippen LogP contribution in [0.4, 0.5) is 11.5 Å². The summed E-state index contributed by atoms with van der Waals surface area (Å²) in [5.41, 5.74) is -0.447. The highest BCUT2D eigenvalue weighted by molar-refractivity contribution is 5.50. The zero-order valence-corrected chi connectivity index (χ0v) is 9.38. The summed E-state index contributed by atoms with van der Waals surface area (Å²) in [6.45, 7) is 2.60.